The number of carbonyl (C=O) groups excluding carboxylic acids is 1. The molecule has 0 radical (unpaired) electrons. The summed E-state index contributed by atoms with van der Waals surface area (Å²) in [5.74, 6) is -0.246. The van der Waals surface area contributed by atoms with Crippen LogP contribution in [0, 0.1) is 11.3 Å². The van der Waals surface area contributed by atoms with Crippen molar-refractivity contribution >= 4 is 28.9 Å². The molecule has 0 aromatic heterocycles. The molecule has 0 saturated carbocycles. The van der Waals surface area contributed by atoms with Crippen LogP contribution in [0.1, 0.15) is 15.9 Å². The van der Waals surface area contributed by atoms with E-state index in [1.54, 1.807) is 36.4 Å². The Hall–Kier alpha value is -2.51. The number of carbonyl (C=O) groups is 1. The number of nitrogens with one attached hydrogen (secondary N) is 1. The quantitative estimate of drug-likeness (QED) is 0.943. The van der Waals surface area contributed by atoms with Gasteiger partial charge >= 0.3 is 0 Å². The van der Waals surface area contributed by atoms with E-state index in [2.05, 4.69) is 5.32 Å². The fourth-order valence-corrected chi connectivity index (χ4v) is 2.06. The molecule has 4 nitrogen and oxygen atoms in total. The van der Waals surface area contributed by atoms with Gasteiger partial charge in [0, 0.05) is 24.7 Å². The number of halogens is 1. The molecule has 0 aliphatic heterocycles. The van der Waals surface area contributed by atoms with E-state index in [-0.39, 0.29) is 5.91 Å². The van der Waals surface area contributed by atoms with Crippen molar-refractivity contribution in [3.63, 3.8) is 0 Å². The lowest BCUT2D eigenvalue weighted by Gasteiger charge is -2.18. The highest BCUT2D eigenvalue weighted by atomic mass is 35.5. The van der Waals surface area contributed by atoms with Gasteiger partial charge in [-0.15, -0.1) is 0 Å². The molecule has 0 aliphatic rings. The van der Waals surface area contributed by atoms with E-state index in [1.807, 2.05) is 31.1 Å². The lowest BCUT2D eigenvalue weighted by molar-refractivity contribution is 0.102. The zero-order valence-electron chi connectivity index (χ0n) is 11.7. The Labute approximate surface area is 128 Å². The van der Waals surface area contributed by atoms with Crippen molar-refractivity contribution in [3.05, 3.63) is 58.6 Å². The summed E-state index contributed by atoms with van der Waals surface area (Å²) in [5, 5.41) is 12.1. The smallest absolute Gasteiger partial charge is 0.255 e. The van der Waals surface area contributed by atoms with E-state index in [0.717, 1.165) is 5.69 Å². The van der Waals surface area contributed by atoms with Gasteiger partial charge in [0.25, 0.3) is 5.91 Å². The van der Waals surface area contributed by atoms with Crippen LogP contribution in [-0.2, 0) is 0 Å². The first-order valence-electron chi connectivity index (χ1n) is 6.29. The van der Waals surface area contributed by atoms with Crippen molar-refractivity contribution in [3.8, 4) is 6.07 Å². The molecular weight excluding hydrogens is 286 g/mol. The summed E-state index contributed by atoms with van der Waals surface area (Å²) < 4.78 is 0. The van der Waals surface area contributed by atoms with Crippen LogP contribution in [-0.4, -0.2) is 20.0 Å². The zero-order chi connectivity index (χ0) is 15.4. The molecule has 5 heteroatoms. The van der Waals surface area contributed by atoms with E-state index >= 15 is 0 Å². The summed E-state index contributed by atoms with van der Waals surface area (Å²) in [6, 6.07) is 13.8. The molecule has 2 rings (SSSR count). The van der Waals surface area contributed by atoms with Crippen molar-refractivity contribution in [2.45, 2.75) is 0 Å². The number of rotatable bonds is 3. The second-order valence-electron chi connectivity index (χ2n) is 4.70. The Morgan fingerprint density at radius 1 is 1.19 bits per heavy atom. The van der Waals surface area contributed by atoms with Crippen LogP contribution in [0.3, 0.4) is 0 Å². The number of benzene rings is 2. The number of anilines is 2. The van der Waals surface area contributed by atoms with Gasteiger partial charge < -0.3 is 10.2 Å². The molecule has 21 heavy (non-hydrogen) atoms. The summed E-state index contributed by atoms with van der Waals surface area (Å²) in [5.41, 5.74) is 2.50. The third kappa shape index (κ3) is 3.53. The van der Waals surface area contributed by atoms with Gasteiger partial charge in [0.15, 0.2) is 0 Å². The minimum Gasteiger partial charge on any atom is -0.376 e. The van der Waals surface area contributed by atoms with Gasteiger partial charge in [0.2, 0.25) is 0 Å². The Bertz CT molecular complexity index is 702. The second-order valence-corrected chi connectivity index (χ2v) is 5.14. The number of hydrogen-bond donors (Lipinski definition) is 1. The largest absolute Gasteiger partial charge is 0.376 e. The molecular formula is C16H14ClN3O. The van der Waals surface area contributed by atoms with Crippen LogP contribution < -0.4 is 10.2 Å². The summed E-state index contributed by atoms with van der Waals surface area (Å²) >= 11 is 5.98. The highest BCUT2D eigenvalue weighted by Crippen LogP contribution is 2.28. The Morgan fingerprint density at radius 2 is 1.86 bits per heavy atom. The van der Waals surface area contributed by atoms with Crippen molar-refractivity contribution in [1.29, 1.82) is 5.26 Å². The average Bonchev–Trinajstić information content (AvgIpc) is 2.47. The lowest BCUT2D eigenvalue weighted by atomic mass is 10.1. The molecule has 0 heterocycles. The van der Waals surface area contributed by atoms with Gasteiger partial charge in [-0.2, -0.15) is 5.26 Å². The fraction of sp³-hybridized carbons (Fsp3) is 0.125. The van der Waals surface area contributed by atoms with Crippen LogP contribution in [0.4, 0.5) is 11.4 Å². The molecule has 0 aliphatic carbocycles. The van der Waals surface area contributed by atoms with Crippen LogP contribution in [0.5, 0.6) is 0 Å². The van der Waals surface area contributed by atoms with Gasteiger partial charge in [0.05, 0.1) is 23.0 Å². The normalized spacial score (nSPS) is 9.81. The van der Waals surface area contributed by atoms with Crippen molar-refractivity contribution < 1.29 is 4.79 Å². The molecule has 2 aromatic carbocycles. The minimum atomic E-state index is -0.246. The van der Waals surface area contributed by atoms with E-state index in [0.29, 0.717) is 21.8 Å². The molecule has 1 amide bonds. The molecule has 0 unspecified atom stereocenters. The third-order valence-electron chi connectivity index (χ3n) is 2.96. The van der Waals surface area contributed by atoms with E-state index in [9.17, 15) is 4.79 Å². The summed E-state index contributed by atoms with van der Waals surface area (Å²) in [6.07, 6.45) is 0. The standard InChI is InChI=1S/C16H14ClN3O/c1-20(2)15-8-7-13(17)9-14(15)19-16(21)12-5-3-11(10-18)4-6-12/h3-9H,1-2H3,(H,19,21). The zero-order valence-corrected chi connectivity index (χ0v) is 12.5. The van der Waals surface area contributed by atoms with Crippen molar-refractivity contribution in [2.24, 2.45) is 0 Å². The average molecular weight is 300 g/mol. The maximum absolute atomic E-state index is 12.2. The molecule has 0 atom stereocenters. The van der Waals surface area contributed by atoms with Gasteiger partial charge in [-0.3, -0.25) is 4.79 Å². The molecule has 2 aromatic rings. The minimum absolute atomic E-state index is 0.246. The SMILES string of the molecule is CN(C)c1ccc(Cl)cc1NC(=O)c1ccc(C#N)cc1. The van der Waals surface area contributed by atoms with Gasteiger partial charge in [0.1, 0.15) is 0 Å². The third-order valence-corrected chi connectivity index (χ3v) is 3.20. The molecule has 106 valence electrons. The monoisotopic (exact) mass is 299 g/mol. The lowest BCUT2D eigenvalue weighted by Crippen LogP contribution is -2.16. The number of hydrogen-bond acceptors (Lipinski definition) is 3. The van der Waals surface area contributed by atoms with Gasteiger partial charge in [-0.05, 0) is 42.5 Å². The molecule has 1 N–H and O–H groups in total. The summed E-state index contributed by atoms with van der Waals surface area (Å²) in [7, 11) is 3.78. The van der Waals surface area contributed by atoms with Gasteiger partial charge in [-0.1, -0.05) is 11.6 Å². The Kier molecular flexibility index (Phi) is 4.46. The molecule has 0 saturated heterocycles. The van der Waals surface area contributed by atoms with E-state index in [4.69, 9.17) is 16.9 Å². The van der Waals surface area contributed by atoms with Crippen molar-refractivity contribution in [2.75, 3.05) is 24.3 Å². The van der Waals surface area contributed by atoms with Crippen LogP contribution in [0.2, 0.25) is 5.02 Å². The highest BCUT2D eigenvalue weighted by Gasteiger charge is 2.11. The second kappa shape index (κ2) is 6.29. The van der Waals surface area contributed by atoms with Crippen molar-refractivity contribution in [1.82, 2.24) is 0 Å². The highest BCUT2D eigenvalue weighted by molar-refractivity contribution is 6.31. The van der Waals surface area contributed by atoms with Crippen LogP contribution >= 0.6 is 11.6 Å². The first-order valence-corrected chi connectivity index (χ1v) is 6.67. The number of nitriles is 1. The molecule has 0 bridgehead atoms. The first kappa shape index (κ1) is 14.9. The molecule has 0 fully saturated rings. The first-order chi connectivity index (χ1) is 10.0. The fourth-order valence-electron chi connectivity index (χ4n) is 1.89. The Morgan fingerprint density at radius 3 is 2.43 bits per heavy atom. The molecule has 0 spiro atoms. The van der Waals surface area contributed by atoms with Crippen LogP contribution in [0.15, 0.2) is 42.5 Å². The topological polar surface area (TPSA) is 56.1 Å². The van der Waals surface area contributed by atoms with Gasteiger partial charge in [-0.25, -0.2) is 0 Å². The van der Waals surface area contributed by atoms with E-state index in [1.165, 1.54) is 0 Å². The maximum Gasteiger partial charge on any atom is 0.255 e. The number of nitrogens with zero attached hydrogens (tertiary/aromatic N) is 2. The van der Waals surface area contributed by atoms with Crippen LogP contribution in [0.25, 0.3) is 0 Å². The maximum atomic E-state index is 12.2. The number of amides is 1. The Balaban J connectivity index is 2.26. The van der Waals surface area contributed by atoms with E-state index < -0.39 is 0 Å². The summed E-state index contributed by atoms with van der Waals surface area (Å²) in [6.45, 7) is 0. The predicted molar refractivity (Wildman–Crippen MR) is 84.9 cm³/mol. The predicted octanol–water partition coefficient (Wildman–Crippen LogP) is 3.53. The summed E-state index contributed by atoms with van der Waals surface area (Å²) in [4.78, 5) is 14.1.